The van der Waals surface area contributed by atoms with Crippen molar-refractivity contribution >= 4 is 23.4 Å². The average Bonchev–Trinajstić information content (AvgIpc) is 2.77. The molecule has 1 aromatic heterocycles. The normalized spacial score (nSPS) is 14.7. The maximum absolute atomic E-state index is 12.6. The molecule has 0 unspecified atom stereocenters. The number of alkyl halides is 3. The zero-order valence-electron chi connectivity index (χ0n) is 16.5. The molecule has 1 fully saturated rings. The first-order valence-corrected chi connectivity index (χ1v) is 9.70. The number of piperidine rings is 1. The third-order valence-corrected chi connectivity index (χ3v) is 5.06. The summed E-state index contributed by atoms with van der Waals surface area (Å²) in [5.74, 6) is -1.77. The van der Waals surface area contributed by atoms with Crippen molar-refractivity contribution in [2.75, 3.05) is 25.0 Å². The summed E-state index contributed by atoms with van der Waals surface area (Å²) in [4.78, 5) is 42.0. The van der Waals surface area contributed by atoms with E-state index >= 15 is 0 Å². The Labute approximate surface area is 176 Å². The molecule has 3 rings (SSSR count). The fraction of sp³-hybridized carbons (Fsp3) is 0.333. The lowest BCUT2D eigenvalue weighted by atomic mass is 9.96. The van der Waals surface area contributed by atoms with Gasteiger partial charge in [0.2, 0.25) is 0 Å². The predicted octanol–water partition coefficient (Wildman–Crippen LogP) is 2.71. The minimum Gasteiger partial charge on any atom is -0.348 e. The van der Waals surface area contributed by atoms with Gasteiger partial charge < -0.3 is 15.5 Å². The minimum atomic E-state index is -4.47. The molecule has 1 aromatic carbocycles. The number of rotatable bonds is 4. The molecule has 2 N–H and O–H groups in total. The van der Waals surface area contributed by atoms with Gasteiger partial charge in [0.1, 0.15) is 0 Å². The van der Waals surface area contributed by atoms with Crippen molar-refractivity contribution in [1.82, 2.24) is 15.2 Å². The van der Waals surface area contributed by atoms with Crippen LogP contribution >= 0.6 is 0 Å². The summed E-state index contributed by atoms with van der Waals surface area (Å²) in [6, 6.07) is 7.14. The molecule has 31 heavy (non-hydrogen) atoms. The average molecular weight is 434 g/mol. The molecule has 10 heteroatoms. The van der Waals surface area contributed by atoms with Crippen LogP contribution in [0.1, 0.15) is 28.8 Å². The van der Waals surface area contributed by atoms with Gasteiger partial charge >= 0.3 is 18.0 Å². The SMILES string of the molecule is O=C(NCC1CCN(C(=O)c2ccncc2)CC1)C(=O)Nc1ccc(C(F)(F)F)cc1. The second kappa shape index (κ2) is 9.59. The van der Waals surface area contributed by atoms with Crippen LogP contribution in [0.15, 0.2) is 48.8 Å². The number of hydrogen-bond donors (Lipinski definition) is 2. The Morgan fingerprint density at radius 2 is 1.58 bits per heavy atom. The summed E-state index contributed by atoms with van der Waals surface area (Å²) in [5, 5.41) is 4.81. The highest BCUT2D eigenvalue weighted by molar-refractivity contribution is 6.39. The van der Waals surface area contributed by atoms with Crippen LogP contribution in [0, 0.1) is 5.92 Å². The number of halogens is 3. The van der Waals surface area contributed by atoms with E-state index in [9.17, 15) is 27.6 Å². The number of aromatic nitrogens is 1. The summed E-state index contributed by atoms with van der Waals surface area (Å²) in [6.45, 7) is 1.36. The molecule has 2 aromatic rings. The molecule has 2 heterocycles. The largest absolute Gasteiger partial charge is 0.416 e. The van der Waals surface area contributed by atoms with Gasteiger partial charge in [-0.25, -0.2) is 0 Å². The van der Waals surface area contributed by atoms with Crippen LogP contribution < -0.4 is 10.6 Å². The van der Waals surface area contributed by atoms with Gasteiger partial charge in [-0.3, -0.25) is 19.4 Å². The molecule has 0 radical (unpaired) electrons. The Morgan fingerprint density at radius 1 is 0.968 bits per heavy atom. The second-order valence-corrected chi connectivity index (χ2v) is 7.21. The van der Waals surface area contributed by atoms with Crippen molar-refractivity contribution in [2.24, 2.45) is 5.92 Å². The topological polar surface area (TPSA) is 91.4 Å². The van der Waals surface area contributed by atoms with E-state index in [4.69, 9.17) is 0 Å². The molecular weight excluding hydrogens is 413 g/mol. The molecule has 164 valence electrons. The number of carbonyl (C=O) groups is 3. The van der Waals surface area contributed by atoms with Gasteiger partial charge in [-0.15, -0.1) is 0 Å². The molecular formula is C21H21F3N4O3. The van der Waals surface area contributed by atoms with E-state index in [1.54, 1.807) is 29.4 Å². The highest BCUT2D eigenvalue weighted by Gasteiger charge is 2.30. The van der Waals surface area contributed by atoms with Crippen LogP contribution in [0.3, 0.4) is 0 Å². The molecule has 1 aliphatic heterocycles. The third kappa shape index (κ3) is 6.03. The van der Waals surface area contributed by atoms with Crippen LogP contribution in [0.4, 0.5) is 18.9 Å². The van der Waals surface area contributed by atoms with Crippen molar-refractivity contribution in [3.63, 3.8) is 0 Å². The van der Waals surface area contributed by atoms with E-state index in [2.05, 4.69) is 15.6 Å². The van der Waals surface area contributed by atoms with Gasteiger partial charge in [0.05, 0.1) is 5.56 Å². The van der Waals surface area contributed by atoms with Gasteiger partial charge in [-0.1, -0.05) is 0 Å². The third-order valence-electron chi connectivity index (χ3n) is 5.06. The van der Waals surface area contributed by atoms with Crippen molar-refractivity contribution in [3.8, 4) is 0 Å². The molecule has 0 saturated carbocycles. The first-order valence-electron chi connectivity index (χ1n) is 9.70. The van der Waals surface area contributed by atoms with E-state index in [-0.39, 0.29) is 24.1 Å². The van der Waals surface area contributed by atoms with E-state index in [1.165, 1.54) is 0 Å². The zero-order chi connectivity index (χ0) is 22.4. The molecule has 7 nitrogen and oxygen atoms in total. The van der Waals surface area contributed by atoms with Crippen LogP contribution in [0.5, 0.6) is 0 Å². The first kappa shape index (κ1) is 22.3. The summed E-state index contributed by atoms with van der Waals surface area (Å²) >= 11 is 0. The summed E-state index contributed by atoms with van der Waals surface area (Å²) in [5.41, 5.74) is -0.179. The van der Waals surface area contributed by atoms with Gasteiger partial charge in [-0.2, -0.15) is 13.2 Å². The Bertz CT molecular complexity index is 925. The Hall–Kier alpha value is -3.43. The molecule has 1 saturated heterocycles. The molecule has 3 amide bonds. The number of pyridine rings is 1. The molecule has 0 atom stereocenters. The van der Waals surface area contributed by atoms with E-state index in [1.807, 2.05) is 0 Å². The number of nitrogens with one attached hydrogen (secondary N) is 2. The zero-order valence-corrected chi connectivity index (χ0v) is 16.5. The van der Waals surface area contributed by atoms with E-state index in [0.29, 0.717) is 31.5 Å². The maximum atomic E-state index is 12.6. The number of anilines is 1. The van der Waals surface area contributed by atoms with Crippen molar-refractivity contribution in [3.05, 3.63) is 59.9 Å². The molecule has 0 spiro atoms. The smallest absolute Gasteiger partial charge is 0.348 e. The van der Waals surface area contributed by atoms with Gasteiger partial charge in [-0.05, 0) is 55.2 Å². The highest BCUT2D eigenvalue weighted by Crippen LogP contribution is 2.29. The van der Waals surface area contributed by atoms with Crippen molar-refractivity contribution in [1.29, 1.82) is 0 Å². The number of benzene rings is 1. The fourth-order valence-corrected chi connectivity index (χ4v) is 3.26. The maximum Gasteiger partial charge on any atom is 0.416 e. The standard InChI is InChI=1S/C21H21F3N4O3/c22-21(23,24)16-1-3-17(4-2-16)27-19(30)18(29)26-13-14-7-11-28(12-8-14)20(31)15-5-9-25-10-6-15/h1-6,9-10,14H,7-8,11-13H2,(H,26,29)(H,27,30). The second-order valence-electron chi connectivity index (χ2n) is 7.21. The van der Waals surface area contributed by atoms with Crippen molar-refractivity contribution < 1.29 is 27.6 Å². The Morgan fingerprint density at radius 3 is 2.16 bits per heavy atom. The number of carbonyl (C=O) groups excluding carboxylic acids is 3. The van der Waals surface area contributed by atoms with Gasteiger partial charge in [0.15, 0.2) is 0 Å². The first-order chi connectivity index (χ1) is 14.7. The lowest BCUT2D eigenvalue weighted by molar-refractivity contribution is -0.137. The number of nitrogens with zero attached hydrogens (tertiary/aromatic N) is 2. The van der Waals surface area contributed by atoms with E-state index in [0.717, 1.165) is 24.3 Å². The summed E-state index contributed by atoms with van der Waals surface area (Å²) in [7, 11) is 0. The van der Waals surface area contributed by atoms with Crippen LogP contribution in [0.2, 0.25) is 0 Å². The summed E-state index contributed by atoms with van der Waals surface area (Å²) < 4.78 is 37.7. The lowest BCUT2D eigenvalue weighted by Crippen LogP contribution is -2.43. The van der Waals surface area contributed by atoms with Crippen LogP contribution in [-0.4, -0.2) is 47.2 Å². The van der Waals surface area contributed by atoms with Crippen molar-refractivity contribution in [2.45, 2.75) is 19.0 Å². The predicted molar refractivity (Wildman–Crippen MR) is 106 cm³/mol. The molecule has 0 aliphatic carbocycles. The van der Waals surface area contributed by atoms with Crippen LogP contribution in [-0.2, 0) is 15.8 Å². The Balaban J connectivity index is 1.42. The highest BCUT2D eigenvalue weighted by atomic mass is 19.4. The fourth-order valence-electron chi connectivity index (χ4n) is 3.26. The minimum absolute atomic E-state index is 0.0687. The van der Waals surface area contributed by atoms with Gasteiger partial charge in [0, 0.05) is 43.3 Å². The lowest BCUT2D eigenvalue weighted by Gasteiger charge is -2.32. The summed E-state index contributed by atoms with van der Waals surface area (Å²) in [6.07, 6.45) is 0.00411. The molecule has 0 bridgehead atoms. The number of hydrogen-bond acceptors (Lipinski definition) is 4. The quantitative estimate of drug-likeness (QED) is 0.724. The van der Waals surface area contributed by atoms with Crippen LogP contribution in [0.25, 0.3) is 0 Å². The molecule has 1 aliphatic rings. The monoisotopic (exact) mass is 434 g/mol. The van der Waals surface area contributed by atoms with E-state index < -0.39 is 23.6 Å². The Kier molecular flexibility index (Phi) is 6.88. The van der Waals surface area contributed by atoms with Gasteiger partial charge in [0.25, 0.3) is 5.91 Å². The number of likely N-dealkylation sites (tertiary alicyclic amines) is 1. The number of amides is 3.